The number of hydrogen-bond donors (Lipinski definition) is 0. The molecule has 0 unspecified atom stereocenters. The van der Waals surface area contributed by atoms with Gasteiger partial charge in [0.15, 0.2) is 0 Å². The monoisotopic (exact) mass is 248 g/mol. The van der Waals surface area contributed by atoms with Crippen LogP contribution < -0.4 is 4.74 Å². The predicted molar refractivity (Wildman–Crippen MR) is 63.8 cm³/mol. The summed E-state index contributed by atoms with van der Waals surface area (Å²) in [6.07, 6.45) is 2.39. The molecular weight excluding hydrogens is 236 g/mol. The van der Waals surface area contributed by atoms with Gasteiger partial charge in [-0.15, -0.1) is 5.10 Å². The Kier molecular flexibility index (Phi) is 3.52. The maximum Gasteiger partial charge on any atom is 0.335 e. The topological polar surface area (TPSA) is 83.1 Å². The van der Waals surface area contributed by atoms with Crippen molar-refractivity contribution in [2.75, 3.05) is 6.61 Å². The summed E-state index contributed by atoms with van der Waals surface area (Å²) in [7, 11) is 0. The minimum atomic E-state index is -0.444. The fourth-order valence-electron chi connectivity index (χ4n) is 1.36. The van der Waals surface area contributed by atoms with Crippen molar-refractivity contribution in [2.45, 2.75) is 13.3 Å². The highest BCUT2D eigenvalue weighted by atomic mass is 16.6. The number of hydrogen-bond acceptors (Lipinski definition) is 5. The lowest BCUT2D eigenvalue weighted by Gasteiger charge is -1.99. The SMILES string of the molecule is CCCOc1ncn(-c2ccc([N+](=O)[O-])cc2)n1. The van der Waals surface area contributed by atoms with Gasteiger partial charge in [0, 0.05) is 12.1 Å². The Balaban J connectivity index is 2.15. The van der Waals surface area contributed by atoms with Crippen LogP contribution in [-0.4, -0.2) is 26.3 Å². The number of nitrogens with zero attached hydrogens (tertiary/aromatic N) is 4. The molecule has 0 amide bonds. The molecule has 0 aliphatic heterocycles. The van der Waals surface area contributed by atoms with Gasteiger partial charge >= 0.3 is 6.01 Å². The van der Waals surface area contributed by atoms with Crippen molar-refractivity contribution in [3.63, 3.8) is 0 Å². The molecular formula is C11H12N4O3. The molecule has 18 heavy (non-hydrogen) atoms. The molecule has 0 radical (unpaired) electrons. The molecule has 0 fully saturated rings. The Morgan fingerprint density at radius 1 is 1.39 bits per heavy atom. The quantitative estimate of drug-likeness (QED) is 0.596. The van der Waals surface area contributed by atoms with Crippen LogP contribution in [0.3, 0.4) is 0 Å². The lowest BCUT2D eigenvalue weighted by Crippen LogP contribution is -1.99. The lowest BCUT2D eigenvalue weighted by atomic mass is 10.3. The number of benzene rings is 1. The van der Waals surface area contributed by atoms with Crippen molar-refractivity contribution >= 4 is 5.69 Å². The van der Waals surface area contributed by atoms with Crippen LogP contribution in [0.1, 0.15) is 13.3 Å². The van der Waals surface area contributed by atoms with E-state index in [2.05, 4.69) is 10.1 Å². The first-order chi connectivity index (χ1) is 8.70. The third-order valence-electron chi connectivity index (χ3n) is 2.23. The zero-order valence-electron chi connectivity index (χ0n) is 9.81. The molecule has 1 heterocycles. The van der Waals surface area contributed by atoms with Crippen molar-refractivity contribution in [3.05, 3.63) is 40.7 Å². The Morgan fingerprint density at radius 3 is 2.72 bits per heavy atom. The van der Waals surface area contributed by atoms with E-state index in [1.807, 2.05) is 6.92 Å². The standard InChI is InChI=1S/C11H12N4O3/c1-2-7-18-11-12-8-14(13-11)9-3-5-10(6-4-9)15(16)17/h3-6,8H,2,7H2,1H3. The van der Waals surface area contributed by atoms with Crippen LogP contribution in [0.25, 0.3) is 5.69 Å². The fourth-order valence-corrected chi connectivity index (χ4v) is 1.36. The first-order valence-corrected chi connectivity index (χ1v) is 5.50. The van der Waals surface area contributed by atoms with Gasteiger partial charge in [0.25, 0.3) is 5.69 Å². The van der Waals surface area contributed by atoms with Crippen LogP contribution in [-0.2, 0) is 0 Å². The highest BCUT2D eigenvalue weighted by Crippen LogP contribution is 2.15. The number of ether oxygens (including phenoxy) is 1. The normalized spacial score (nSPS) is 10.3. The third kappa shape index (κ3) is 2.62. The summed E-state index contributed by atoms with van der Waals surface area (Å²) in [5.74, 6) is 0. The van der Waals surface area contributed by atoms with Crippen LogP contribution >= 0.6 is 0 Å². The average molecular weight is 248 g/mol. The Morgan fingerprint density at radius 2 is 2.11 bits per heavy atom. The number of non-ortho nitro benzene ring substituents is 1. The highest BCUT2D eigenvalue weighted by molar-refractivity contribution is 5.40. The summed E-state index contributed by atoms with van der Waals surface area (Å²) in [5.41, 5.74) is 0.737. The second kappa shape index (κ2) is 5.26. The lowest BCUT2D eigenvalue weighted by molar-refractivity contribution is -0.384. The third-order valence-corrected chi connectivity index (χ3v) is 2.23. The molecule has 0 saturated carbocycles. The summed E-state index contributed by atoms with van der Waals surface area (Å²) in [4.78, 5) is 14.1. The maximum atomic E-state index is 10.5. The molecule has 0 N–H and O–H groups in total. The van der Waals surface area contributed by atoms with Gasteiger partial charge in [-0.05, 0) is 18.6 Å². The molecule has 0 aliphatic rings. The number of rotatable bonds is 5. The van der Waals surface area contributed by atoms with Gasteiger partial charge in [-0.25, -0.2) is 4.68 Å². The van der Waals surface area contributed by atoms with E-state index in [0.717, 1.165) is 6.42 Å². The number of nitro benzene ring substituents is 1. The van der Waals surface area contributed by atoms with Crippen molar-refractivity contribution in [1.82, 2.24) is 14.8 Å². The minimum absolute atomic E-state index is 0.0429. The summed E-state index contributed by atoms with van der Waals surface area (Å²) < 4.78 is 6.78. The summed E-state index contributed by atoms with van der Waals surface area (Å²) >= 11 is 0. The van der Waals surface area contributed by atoms with Crippen molar-refractivity contribution < 1.29 is 9.66 Å². The molecule has 0 aliphatic carbocycles. The van der Waals surface area contributed by atoms with Gasteiger partial charge in [-0.1, -0.05) is 6.92 Å². The summed E-state index contributed by atoms with van der Waals surface area (Å²) in [6, 6.07) is 6.36. The van der Waals surface area contributed by atoms with E-state index in [1.165, 1.54) is 23.1 Å². The number of aromatic nitrogens is 3. The second-order valence-electron chi connectivity index (χ2n) is 3.59. The molecule has 0 saturated heterocycles. The number of nitro groups is 1. The Hall–Kier alpha value is -2.44. The molecule has 7 nitrogen and oxygen atoms in total. The van der Waals surface area contributed by atoms with E-state index < -0.39 is 4.92 Å². The van der Waals surface area contributed by atoms with E-state index in [0.29, 0.717) is 18.3 Å². The minimum Gasteiger partial charge on any atom is -0.462 e. The molecule has 2 aromatic rings. The van der Waals surface area contributed by atoms with Gasteiger partial charge in [-0.2, -0.15) is 4.98 Å². The van der Waals surface area contributed by atoms with Gasteiger partial charge in [-0.3, -0.25) is 10.1 Å². The first-order valence-electron chi connectivity index (χ1n) is 5.50. The fraction of sp³-hybridized carbons (Fsp3) is 0.273. The van der Waals surface area contributed by atoms with Crippen molar-refractivity contribution in [1.29, 1.82) is 0 Å². The van der Waals surface area contributed by atoms with Crippen LogP contribution in [0.2, 0.25) is 0 Å². The second-order valence-corrected chi connectivity index (χ2v) is 3.59. The summed E-state index contributed by atoms with van der Waals surface area (Å²) in [6.45, 7) is 2.55. The zero-order valence-corrected chi connectivity index (χ0v) is 9.81. The molecule has 2 rings (SSSR count). The summed E-state index contributed by atoms with van der Waals surface area (Å²) in [5, 5.41) is 14.6. The van der Waals surface area contributed by atoms with Crippen LogP contribution in [0, 0.1) is 10.1 Å². The highest BCUT2D eigenvalue weighted by Gasteiger charge is 2.07. The Bertz CT molecular complexity index is 535. The molecule has 0 atom stereocenters. The van der Waals surface area contributed by atoms with E-state index in [9.17, 15) is 10.1 Å². The van der Waals surface area contributed by atoms with Crippen LogP contribution in [0.4, 0.5) is 5.69 Å². The van der Waals surface area contributed by atoms with Gasteiger partial charge in [0.1, 0.15) is 6.33 Å². The average Bonchev–Trinajstić information content (AvgIpc) is 2.85. The van der Waals surface area contributed by atoms with E-state index in [4.69, 9.17) is 4.74 Å². The van der Waals surface area contributed by atoms with Crippen molar-refractivity contribution in [2.24, 2.45) is 0 Å². The zero-order chi connectivity index (χ0) is 13.0. The van der Waals surface area contributed by atoms with Crippen LogP contribution in [0.15, 0.2) is 30.6 Å². The van der Waals surface area contributed by atoms with Gasteiger partial charge in [0.05, 0.1) is 17.2 Å². The van der Waals surface area contributed by atoms with E-state index in [-0.39, 0.29) is 5.69 Å². The van der Waals surface area contributed by atoms with Gasteiger partial charge < -0.3 is 4.74 Å². The van der Waals surface area contributed by atoms with Crippen molar-refractivity contribution in [3.8, 4) is 11.7 Å². The van der Waals surface area contributed by atoms with Gasteiger partial charge in [0.2, 0.25) is 0 Å². The Labute approximate surface area is 103 Å². The molecule has 1 aromatic carbocycles. The first kappa shape index (κ1) is 12.0. The molecule has 0 bridgehead atoms. The molecule has 94 valence electrons. The maximum absolute atomic E-state index is 10.5. The molecule has 7 heteroatoms. The van der Waals surface area contributed by atoms with E-state index in [1.54, 1.807) is 12.1 Å². The largest absolute Gasteiger partial charge is 0.462 e. The molecule has 1 aromatic heterocycles. The molecule has 0 spiro atoms. The van der Waals surface area contributed by atoms with E-state index >= 15 is 0 Å². The predicted octanol–water partition coefficient (Wildman–Crippen LogP) is 1.96. The smallest absolute Gasteiger partial charge is 0.335 e. The van der Waals surface area contributed by atoms with Crippen LogP contribution in [0.5, 0.6) is 6.01 Å².